The van der Waals surface area contributed by atoms with Crippen molar-refractivity contribution in [2.75, 3.05) is 4.90 Å². The maximum atomic E-state index is 2.42. The zero-order chi connectivity index (χ0) is 34.4. The summed E-state index contributed by atoms with van der Waals surface area (Å²) in [6.45, 7) is 0. The number of rotatable bonds is 6. The van der Waals surface area contributed by atoms with E-state index < -0.39 is 0 Å². The Labute approximate surface area is 307 Å². The van der Waals surface area contributed by atoms with Crippen molar-refractivity contribution in [3.63, 3.8) is 0 Å². The maximum absolute atomic E-state index is 2.42. The molecule has 1 nitrogen and oxygen atoms in total. The first kappa shape index (κ1) is 30.4. The first-order valence-electron chi connectivity index (χ1n) is 17.8. The van der Waals surface area contributed by atoms with Crippen LogP contribution in [0, 0.1) is 0 Å². The molecule has 0 aliphatic carbocycles. The van der Waals surface area contributed by atoms with Gasteiger partial charge in [0.1, 0.15) is 0 Å². The fourth-order valence-corrected chi connectivity index (χ4v) is 8.89. The van der Waals surface area contributed by atoms with Gasteiger partial charge in [-0.1, -0.05) is 146 Å². The highest BCUT2D eigenvalue weighted by atomic mass is 32.1. The second-order valence-electron chi connectivity index (χ2n) is 13.3. The van der Waals surface area contributed by atoms with Crippen molar-refractivity contribution in [3.8, 4) is 33.4 Å². The average Bonchev–Trinajstić information content (AvgIpc) is 3.61. The van der Waals surface area contributed by atoms with E-state index in [1.54, 1.807) is 0 Å². The molecule has 0 atom stereocenters. The Balaban J connectivity index is 1.11. The third-order valence-corrected chi connectivity index (χ3v) is 11.4. The smallest absolute Gasteiger partial charge is 0.0554 e. The molecular formula is C50H33NS. The Morgan fingerprint density at radius 3 is 1.62 bits per heavy atom. The lowest BCUT2D eigenvalue weighted by atomic mass is 9.93. The van der Waals surface area contributed by atoms with Gasteiger partial charge < -0.3 is 4.90 Å². The third kappa shape index (κ3) is 5.24. The van der Waals surface area contributed by atoms with Gasteiger partial charge >= 0.3 is 0 Å². The Morgan fingerprint density at radius 1 is 0.327 bits per heavy atom. The van der Waals surface area contributed by atoms with Crippen LogP contribution < -0.4 is 4.90 Å². The van der Waals surface area contributed by atoms with Crippen molar-refractivity contribution in [2.24, 2.45) is 0 Å². The predicted molar refractivity (Wildman–Crippen MR) is 225 cm³/mol. The molecule has 0 unspecified atom stereocenters. The number of nitrogens with zero attached hydrogens (tertiary/aromatic N) is 1. The third-order valence-electron chi connectivity index (χ3n) is 10.3. The summed E-state index contributed by atoms with van der Waals surface area (Å²) in [5.74, 6) is 0. The number of benzene rings is 9. The average molecular weight is 680 g/mol. The number of hydrogen-bond acceptors (Lipinski definition) is 2. The quantitative estimate of drug-likeness (QED) is 0.158. The second-order valence-corrected chi connectivity index (χ2v) is 14.4. The number of hydrogen-bond donors (Lipinski definition) is 0. The lowest BCUT2D eigenvalue weighted by Gasteiger charge is -2.27. The summed E-state index contributed by atoms with van der Waals surface area (Å²) >= 11 is 1.86. The van der Waals surface area contributed by atoms with Gasteiger partial charge in [-0.3, -0.25) is 0 Å². The Morgan fingerprint density at radius 2 is 0.865 bits per heavy atom. The minimum Gasteiger partial charge on any atom is -0.310 e. The van der Waals surface area contributed by atoms with Crippen molar-refractivity contribution >= 4 is 70.1 Å². The van der Waals surface area contributed by atoms with Crippen molar-refractivity contribution in [2.45, 2.75) is 0 Å². The first-order chi connectivity index (χ1) is 25.8. The van der Waals surface area contributed by atoms with Crippen LogP contribution in [0.5, 0.6) is 0 Å². The molecule has 0 saturated heterocycles. The summed E-state index contributed by atoms with van der Waals surface area (Å²) in [6.07, 6.45) is 0. The van der Waals surface area contributed by atoms with Crippen LogP contribution in [-0.4, -0.2) is 0 Å². The summed E-state index contributed by atoms with van der Waals surface area (Å²) in [5.41, 5.74) is 10.7. The van der Waals surface area contributed by atoms with Gasteiger partial charge in [-0.15, -0.1) is 11.3 Å². The number of fused-ring (bicyclic) bond motifs is 6. The van der Waals surface area contributed by atoms with Gasteiger partial charge in [0.2, 0.25) is 0 Å². The van der Waals surface area contributed by atoms with Crippen molar-refractivity contribution < 1.29 is 0 Å². The Hall–Kier alpha value is -6.48. The van der Waals surface area contributed by atoms with E-state index in [1.807, 2.05) is 11.3 Å². The fourth-order valence-electron chi connectivity index (χ4n) is 7.76. The van der Waals surface area contributed by atoms with Crippen LogP contribution in [0.2, 0.25) is 0 Å². The van der Waals surface area contributed by atoms with E-state index in [2.05, 4.69) is 205 Å². The van der Waals surface area contributed by atoms with Gasteiger partial charge in [-0.25, -0.2) is 0 Å². The largest absolute Gasteiger partial charge is 0.310 e. The molecule has 0 amide bonds. The van der Waals surface area contributed by atoms with Gasteiger partial charge in [0.05, 0.1) is 5.69 Å². The first-order valence-corrected chi connectivity index (χ1v) is 18.6. The summed E-state index contributed by atoms with van der Waals surface area (Å²) < 4.78 is 2.59. The highest BCUT2D eigenvalue weighted by Gasteiger charge is 2.19. The van der Waals surface area contributed by atoms with Crippen LogP contribution in [0.1, 0.15) is 0 Å². The molecule has 9 aromatic carbocycles. The normalized spacial score (nSPS) is 11.5. The lowest BCUT2D eigenvalue weighted by molar-refractivity contribution is 1.30. The van der Waals surface area contributed by atoms with Crippen molar-refractivity contribution in [1.82, 2.24) is 0 Å². The van der Waals surface area contributed by atoms with Crippen LogP contribution >= 0.6 is 11.3 Å². The monoisotopic (exact) mass is 679 g/mol. The fraction of sp³-hybridized carbons (Fsp3) is 0. The molecule has 1 aromatic heterocycles. The standard InChI is InChI=1S/C50H33NS/c1-2-12-34(13-3-1)37-15-10-16-38(32-37)35-24-28-40(29-25-35)51(47-21-11-23-49-50(47)45-20-8-9-22-48(45)52-49)41-30-26-36(27-31-41)46-33-39-14-4-5-17-42(39)43-18-6-7-19-44(43)46/h1-33H. The van der Waals surface area contributed by atoms with E-state index in [0.29, 0.717) is 0 Å². The van der Waals surface area contributed by atoms with Gasteiger partial charge in [0, 0.05) is 31.5 Å². The molecule has 10 rings (SSSR count). The number of anilines is 3. The van der Waals surface area contributed by atoms with Gasteiger partial charge in [0.25, 0.3) is 0 Å². The summed E-state index contributed by atoms with van der Waals surface area (Å²) in [6, 6.07) is 72.9. The van der Waals surface area contributed by atoms with Crippen LogP contribution in [0.4, 0.5) is 17.1 Å². The molecule has 10 aromatic rings. The molecule has 244 valence electrons. The van der Waals surface area contributed by atoms with E-state index in [4.69, 9.17) is 0 Å². The van der Waals surface area contributed by atoms with E-state index >= 15 is 0 Å². The SMILES string of the molecule is c1ccc(-c2cccc(-c3ccc(N(c4ccc(-c5cc6ccccc6c6ccccc56)cc4)c4cccc5sc6ccccc6c45)cc3)c2)cc1. The molecule has 2 heteroatoms. The zero-order valence-corrected chi connectivity index (χ0v) is 29.2. The lowest BCUT2D eigenvalue weighted by Crippen LogP contribution is -2.10. The van der Waals surface area contributed by atoms with E-state index in [-0.39, 0.29) is 0 Å². The van der Waals surface area contributed by atoms with Crippen LogP contribution in [0.25, 0.3) is 75.1 Å². The highest BCUT2D eigenvalue weighted by Crippen LogP contribution is 2.45. The molecule has 1 heterocycles. The van der Waals surface area contributed by atoms with E-state index in [0.717, 1.165) is 11.4 Å². The molecule has 0 N–H and O–H groups in total. The Bertz CT molecular complexity index is 2890. The molecule has 0 fully saturated rings. The van der Waals surface area contributed by atoms with Gasteiger partial charge in [-0.05, 0) is 110 Å². The van der Waals surface area contributed by atoms with E-state index in [1.165, 1.54) is 80.8 Å². The molecule has 0 bridgehead atoms. The Kier molecular flexibility index (Phi) is 7.41. The van der Waals surface area contributed by atoms with Gasteiger partial charge in [-0.2, -0.15) is 0 Å². The molecular weight excluding hydrogens is 647 g/mol. The van der Waals surface area contributed by atoms with Crippen molar-refractivity contribution in [3.05, 3.63) is 200 Å². The minimum atomic E-state index is 1.12. The van der Waals surface area contributed by atoms with Crippen LogP contribution in [-0.2, 0) is 0 Å². The van der Waals surface area contributed by atoms with Crippen LogP contribution in [0.15, 0.2) is 200 Å². The van der Waals surface area contributed by atoms with Crippen molar-refractivity contribution in [1.29, 1.82) is 0 Å². The molecule has 0 radical (unpaired) electrons. The van der Waals surface area contributed by atoms with Gasteiger partial charge in [0.15, 0.2) is 0 Å². The summed E-state index contributed by atoms with van der Waals surface area (Å²) in [4.78, 5) is 2.42. The molecule has 0 spiro atoms. The summed E-state index contributed by atoms with van der Waals surface area (Å²) in [5, 5.41) is 7.67. The molecule has 52 heavy (non-hydrogen) atoms. The topological polar surface area (TPSA) is 3.24 Å². The number of thiophene rings is 1. The predicted octanol–water partition coefficient (Wildman–Crippen LogP) is 14.8. The van der Waals surface area contributed by atoms with Crippen LogP contribution in [0.3, 0.4) is 0 Å². The molecule has 0 saturated carbocycles. The maximum Gasteiger partial charge on any atom is 0.0554 e. The minimum absolute atomic E-state index is 1.12. The molecule has 0 aliphatic rings. The van der Waals surface area contributed by atoms with E-state index in [9.17, 15) is 0 Å². The highest BCUT2D eigenvalue weighted by molar-refractivity contribution is 7.26. The molecule has 0 aliphatic heterocycles. The summed E-state index contributed by atoms with van der Waals surface area (Å²) in [7, 11) is 0. The second kappa shape index (κ2) is 12.7. The zero-order valence-electron chi connectivity index (χ0n) is 28.4.